The zero-order valence-electron chi connectivity index (χ0n) is 13.2. The number of ether oxygens (including phenoxy) is 1. The molecule has 1 aromatic carbocycles. The Hall–Kier alpha value is -2.24. The van der Waals surface area contributed by atoms with Crippen LogP contribution in [0, 0.1) is 0 Å². The van der Waals surface area contributed by atoms with Crippen LogP contribution in [-0.2, 0) is 16.6 Å². The summed E-state index contributed by atoms with van der Waals surface area (Å²) in [6, 6.07) is 10.7. The van der Waals surface area contributed by atoms with Crippen LogP contribution in [0.2, 0.25) is 0 Å². The molecule has 23 heavy (non-hydrogen) atoms. The van der Waals surface area contributed by atoms with Gasteiger partial charge in [0.05, 0.1) is 24.3 Å². The van der Waals surface area contributed by atoms with Gasteiger partial charge in [0.15, 0.2) is 5.65 Å². The van der Waals surface area contributed by atoms with Gasteiger partial charge in [0.25, 0.3) is 0 Å². The van der Waals surface area contributed by atoms with Crippen LogP contribution >= 0.6 is 0 Å². The van der Waals surface area contributed by atoms with Gasteiger partial charge < -0.3 is 10.5 Å². The van der Waals surface area contributed by atoms with Gasteiger partial charge in [-0.25, -0.2) is 4.98 Å². The van der Waals surface area contributed by atoms with Crippen molar-refractivity contribution in [2.75, 3.05) is 19.8 Å². The minimum Gasteiger partial charge on any atom is -0.379 e. The van der Waals surface area contributed by atoms with Crippen molar-refractivity contribution >= 4 is 11.0 Å². The number of aryl methyl sites for hydroxylation is 1. The van der Waals surface area contributed by atoms with Gasteiger partial charge in [0.2, 0.25) is 0 Å². The van der Waals surface area contributed by atoms with Gasteiger partial charge in [-0.1, -0.05) is 31.2 Å². The van der Waals surface area contributed by atoms with Crippen molar-refractivity contribution in [3.63, 3.8) is 0 Å². The van der Waals surface area contributed by atoms with Crippen molar-refractivity contribution in [2.45, 2.75) is 18.8 Å². The number of nitrogens with one attached hydrogen (secondary N) is 1. The maximum absolute atomic E-state index is 6.00. The standard InChI is InChI=1S/C18H20N4O/c1-2-15-16-14(6-7-20-17(16)22-21-15)12-4-3-5-13(8-12)18(9-19)10-23-11-18/h3-8H,2,9-11,19H2,1H3,(H,20,21,22). The highest BCUT2D eigenvalue weighted by molar-refractivity contribution is 5.94. The highest BCUT2D eigenvalue weighted by atomic mass is 16.5. The molecule has 5 heteroatoms. The first-order valence-electron chi connectivity index (χ1n) is 7.98. The monoisotopic (exact) mass is 308 g/mol. The molecule has 0 spiro atoms. The first-order chi connectivity index (χ1) is 11.3. The van der Waals surface area contributed by atoms with E-state index in [9.17, 15) is 0 Å². The molecule has 0 aliphatic carbocycles. The fraction of sp³-hybridized carbons (Fsp3) is 0.333. The Kier molecular flexibility index (Phi) is 3.39. The third kappa shape index (κ3) is 2.16. The predicted octanol–water partition coefficient (Wildman–Crippen LogP) is 2.41. The van der Waals surface area contributed by atoms with Crippen molar-refractivity contribution in [3.8, 4) is 11.1 Å². The van der Waals surface area contributed by atoms with Gasteiger partial charge >= 0.3 is 0 Å². The van der Waals surface area contributed by atoms with E-state index in [1.165, 1.54) is 11.1 Å². The molecule has 4 rings (SSSR count). The Morgan fingerprint density at radius 3 is 2.87 bits per heavy atom. The number of hydrogen-bond donors (Lipinski definition) is 2. The molecule has 0 saturated carbocycles. The van der Waals surface area contributed by atoms with E-state index in [1.54, 1.807) is 0 Å². The SMILES string of the molecule is CCc1n[nH]c2nccc(-c3cccc(C4(CN)COC4)c3)c12. The lowest BCUT2D eigenvalue weighted by atomic mass is 9.78. The fourth-order valence-corrected chi connectivity index (χ4v) is 3.28. The second-order valence-electron chi connectivity index (χ2n) is 6.16. The first-order valence-corrected chi connectivity index (χ1v) is 7.98. The molecule has 118 valence electrons. The summed E-state index contributed by atoms with van der Waals surface area (Å²) in [5, 5.41) is 8.52. The first kappa shape index (κ1) is 14.4. The van der Waals surface area contributed by atoms with Crippen LogP contribution < -0.4 is 5.73 Å². The zero-order valence-corrected chi connectivity index (χ0v) is 13.2. The van der Waals surface area contributed by atoms with Gasteiger partial charge in [0, 0.05) is 18.1 Å². The van der Waals surface area contributed by atoms with Gasteiger partial charge in [-0.05, 0) is 29.2 Å². The minimum absolute atomic E-state index is 0.0356. The van der Waals surface area contributed by atoms with Crippen molar-refractivity contribution < 1.29 is 4.74 Å². The van der Waals surface area contributed by atoms with Crippen molar-refractivity contribution in [1.29, 1.82) is 0 Å². The van der Waals surface area contributed by atoms with Crippen LogP contribution in [-0.4, -0.2) is 34.9 Å². The second kappa shape index (κ2) is 5.44. The summed E-state index contributed by atoms with van der Waals surface area (Å²) >= 11 is 0. The Bertz CT molecular complexity index is 846. The normalized spacial score (nSPS) is 16.4. The summed E-state index contributed by atoms with van der Waals surface area (Å²) in [4.78, 5) is 4.39. The van der Waals surface area contributed by atoms with Crippen molar-refractivity contribution in [3.05, 3.63) is 47.8 Å². The van der Waals surface area contributed by atoms with E-state index in [-0.39, 0.29) is 5.41 Å². The summed E-state index contributed by atoms with van der Waals surface area (Å²) in [7, 11) is 0. The van der Waals surface area contributed by atoms with E-state index in [1.807, 2.05) is 6.20 Å². The molecule has 3 N–H and O–H groups in total. The Morgan fingerprint density at radius 1 is 1.30 bits per heavy atom. The zero-order chi connectivity index (χ0) is 15.9. The minimum atomic E-state index is -0.0356. The summed E-state index contributed by atoms with van der Waals surface area (Å²) < 4.78 is 5.42. The van der Waals surface area contributed by atoms with E-state index in [2.05, 4.69) is 52.4 Å². The van der Waals surface area contributed by atoms with Crippen LogP contribution in [0.25, 0.3) is 22.2 Å². The van der Waals surface area contributed by atoms with E-state index in [0.717, 1.165) is 28.7 Å². The number of rotatable bonds is 4. The van der Waals surface area contributed by atoms with Crippen LogP contribution in [0.1, 0.15) is 18.2 Å². The Balaban J connectivity index is 1.87. The second-order valence-corrected chi connectivity index (χ2v) is 6.16. The number of fused-ring (bicyclic) bond motifs is 1. The van der Waals surface area contributed by atoms with Gasteiger partial charge in [0.1, 0.15) is 0 Å². The van der Waals surface area contributed by atoms with E-state index < -0.39 is 0 Å². The molecule has 1 aliphatic heterocycles. The fourth-order valence-electron chi connectivity index (χ4n) is 3.28. The van der Waals surface area contributed by atoms with Crippen LogP contribution in [0.5, 0.6) is 0 Å². The molecule has 3 heterocycles. The third-order valence-corrected chi connectivity index (χ3v) is 4.80. The molecule has 2 aromatic heterocycles. The molecule has 3 aromatic rings. The maximum Gasteiger partial charge on any atom is 0.155 e. The van der Waals surface area contributed by atoms with E-state index in [4.69, 9.17) is 10.5 Å². The molecular weight excluding hydrogens is 288 g/mol. The summed E-state index contributed by atoms with van der Waals surface area (Å²) in [5.74, 6) is 0. The molecule has 0 unspecified atom stereocenters. The lowest BCUT2D eigenvalue weighted by Crippen LogP contribution is -2.52. The topological polar surface area (TPSA) is 76.8 Å². The number of nitrogens with two attached hydrogens (primary N) is 1. The maximum atomic E-state index is 6.00. The largest absolute Gasteiger partial charge is 0.379 e. The van der Waals surface area contributed by atoms with Gasteiger partial charge in [-0.15, -0.1) is 0 Å². The number of pyridine rings is 1. The summed E-state index contributed by atoms with van der Waals surface area (Å²) in [6.45, 7) is 4.11. The lowest BCUT2D eigenvalue weighted by Gasteiger charge is -2.41. The molecule has 0 bridgehead atoms. The third-order valence-electron chi connectivity index (χ3n) is 4.80. The number of aromatic amines is 1. The molecule has 0 radical (unpaired) electrons. The summed E-state index contributed by atoms with van der Waals surface area (Å²) in [6.07, 6.45) is 2.70. The lowest BCUT2D eigenvalue weighted by molar-refractivity contribution is -0.0550. The quantitative estimate of drug-likeness (QED) is 0.776. The average molecular weight is 308 g/mol. The van der Waals surface area contributed by atoms with Crippen molar-refractivity contribution in [2.24, 2.45) is 5.73 Å². The molecule has 0 atom stereocenters. The number of H-pyrrole nitrogens is 1. The number of nitrogens with zero attached hydrogens (tertiary/aromatic N) is 2. The molecule has 1 aliphatic rings. The predicted molar refractivity (Wildman–Crippen MR) is 90.3 cm³/mol. The molecule has 5 nitrogen and oxygen atoms in total. The Labute approximate surface area is 134 Å². The molecule has 1 saturated heterocycles. The van der Waals surface area contributed by atoms with Crippen LogP contribution in [0.15, 0.2) is 36.5 Å². The molecule has 1 fully saturated rings. The van der Waals surface area contributed by atoms with E-state index in [0.29, 0.717) is 19.8 Å². The van der Waals surface area contributed by atoms with Crippen LogP contribution in [0.4, 0.5) is 0 Å². The van der Waals surface area contributed by atoms with Gasteiger partial charge in [-0.3, -0.25) is 5.10 Å². The van der Waals surface area contributed by atoms with E-state index >= 15 is 0 Å². The average Bonchev–Trinajstić information content (AvgIpc) is 2.98. The smallest absolute Gasteiger partial charge is 0.155 e. The Morgan fingerprint density at radius 2 is 2.17 bits per heavy atom. The highest BCUT2D eigenvalue weighted by Gasteiger charge is 2.39. The van der Waals surface area contributed by atoms with Crippen molar-refractivity contribution in [1.82, 2.24) is 15.2 Å². The summed E-state index contributed by atoms with van der Waals surface area (Å²) in [5.41, 5.74) is 11.4. The van der Waals surface area contributed by atoms with Crippen LogP contribution in [0.3, 0.4) is 0 Å². The molecular formula is C18H20N4O. The van der Waals surface area contributed by atoms with Gasteiger partial charge in [-0.2, -0.15) is 5.10 Å². The number of aromatic nitrogens is 3. The molecule has 0 amide bonds. The number of benzene rings is 1. The highest BCUT2D eigenvalue weighted by Crippen LogP contribution is 2.35. The number of hydrogen-bond acceptors (Lipinski definition) is 4.